The summed E-state index contributed by atoms with van der Waals surface area (Å²) >= 11 is 0. The van der Waals surface area contributed by atoms with Gasteiger partial charge in [-0.2, -0.15) is 4.98 Å². The van der Waals surface area contributed by atoms with Crippen LogP contribution >= 0.6 is 0 Å². The van der Waals surface area contributed by atoms with Crippen LogP contribution in [0.3, 0.4) is 0 Å². The van der Waals surface area contributed by atoms with Crippen LogP contribution < -0.4 is 10.2 Å². The van der Waals surface area contributed by atoms with E-state index >= 15 is 0 Å². The number of aliphatic hydroxyl groups is 1. The molecule has 128 valence electrons. The van der Waals surface area contributed by atoms with Crippen LogP contribution in [0.15, 0.2) is 30.3 Å². The summed E-state index contributed by atoms with van der Waals surface area (Å²) in [6.45, 7) is 8.04. The van der Waals surface area contributed by atoms with Gasteiger partial charge in [0.15, 0.2) is 0 Å². The van der Waals surface area contributed by atoms with E-state index in [0.717, 1.165) is 31.0 Å². The van der Waals surface area contributed by atoms with Crippen molar-refractivity contribution in [1.29, 1.82) is 0 Å². The fraction of sp³-hybridized carbons (Fsp3) is 0.474. The number of nitrogens with one attached hydrogen (secondary N) is 1. The van der Waals surface area contributed by atoms with E-state index in [0.29, 0.717) is 11.9 Å². The average Bonchev–Trinajstić information content (AvgIpc) is 2.58. The first kappa shape index (κ1) is 16.7. The van der Waals surface area contributed by atoms with Crippen molar-refractivity contribution in [3.05, 3.63) is 47.2 Å². The number of hydrogen-bond donors (Lipinski definition) is 2. The van der Waals surface area contributed by atoms with Gasteiger partial charge in [0.25, 0.3) is 0 Å². The van der Waals surface area contributed by atoms with Gasteiger partial charge >= 0.3 is 0 Å². The molecule has 2 heterocycles. The minimum Gasteiger partial charge on any atom is -0.394 e. The molecule has 0 aliphatic carbocycles. The van der Waals surface area contributed by atoms with Crippen LogP contribution in [0.2, 0.25) is 0 Å². The predicted molar refractivity (Wildman–Crippen MR) is 97.3 cm³/mol. The zero-order valence-corrected chi connectivity index (χ0v) is 14.7. The van der Waals surface area contributed by atoms with E-state index in [1.54, 1.807) is 0 Å². The van der Waals surface area contributed by atoms with Crippen molar-refractivity contribution in [2.75, 3.05) is 23.4 Å². The monoisotopic (exact) mass is 326 g/mol. The van der Waals surface area contributed by atoms with Crippen LogP contribution in [0.4, 0.5) is 11.8 Å². The number of nitrogens with zero attached hydrogens (tertiary/aromatic N) is 3. The number of hydrogen-bond acceptors (Lipinski definition) is 5. The molecule has 1 aromatic carbocycles. The lowest BCUT2D eigenvalue weighted by Crippen LogP contribution is -2.33. The quantitative estimate of drug-likeness (QED) is 0.885. The summed E-state index contributed by atoms with van der Waals surface area (Å²) in [6, 6.07) is 10.6. The Morgan fingerprint density at radius 1 is 1.21 bits per heavy atom. The highest BCUT2D eigenvalue weighted by Gasteiger charge is 2.19. The van der Waals surface area contributed by atoms with Crippen molar-refractivity contribution in [2.24, 2.45) is 5.92 Å². The fourth-order valence-electron chi connectivity index (χ4n) is 3.06. The molecular weight excluding hydrogens is 300 g/mol. The van der Waals surface area contributed by atoms with Crippen molar-refractivity contribution in [1.82, 2.24) is 9.97 Å². The van der Waals surface area contributed by atoms with Gasteiger partial charge in [-0.25, -0.2) is 4.98 Å². The second-order valence-electron chi connectivity index (χ2n) is 6.81. The molecule has 0 bridgehead atoms. The molecule has 1 aromatic heterocycles. The molecule has 5 heteroatoms. The maximum Gasteiger partial charge on any atom is 0.225 e. The van der Waals surface area contributed by atoms with Crippen LogP contribution in [-0.2, 0) is 13.0 Å². The predicted octanol–water partition coefficient (Wildman–Crippen LogP) is 2.78. The molecule has 1 aliphatic heterocycles. The molecule has 1 atom stereocenters. The molecule has 0 radical (unpaired) electrons. The first-order valence-corrected chi connectivity index (χ1v) is 8.61. The molecule has 1 aliphatic rings. The third kappa shape index (κ3) is 3.67. The maximum atomic E-state index is 9.53. The molecule has 24 heavy (non-hydrogen) atoms. The lowest BCUT2D eigenvalue weighted by molar-refractivity contribution is 0.248. The number of benzene rings is 1. The molecule has 0 unspecified atom stereocenters. The van der Waals surface area contributed by atoms with Crippen LogP contribution in [-0.4, -0.2) is 34.3 Å². The molecule has 0 fully saturated rings. The molecule has 3 rings (SSSR count). The normalized spacial score (nSPS) is 15.3. The van der Waals surface area contributed by atoms with Gasteiger partial charge in [0.2, 0.25) is 5.95 Å². The van der Waals surface area contributed by atoms with Crippen LogP contribution in [0, 0.1) is 12.8 Å². The van der Waals surface area contributed by atoms with Crippen molar-refractivity contribution < 1.29 is 5.11 Å². The summed E-state index contributed by atoms with van der Waals surface area (Å²) in [4.78, 5) is 11.5. The van der Waals surface area contributed by atoms with Crippen LogP contribution in [0.5, 0.6) is 0 Å². The Bertz CT molecular complexity index is 702. The summed E-state index contributed by atoms with van der Waals surface area (Å²) in [6.07, 6.45) is 1.03. The Hall–Kier alpha value is -2.14. The minimum absolute atomic E-state index is 0.0401. The highest BCUT2D eigenvalue weighted by molar-refractivity contribution is 5.48. The van der Waals surface area contributed by atoms with Crippen molar-refractivity contribution in [3.8, 4) is 0 Å². The van der Waals surface area contributed by atoms with Gasteiger partial charge in [-0.15, -0.1) is 0 Å². The highest BCUT2D eigenvalue weighted by Crippen LogP contribution is 2.24. The number of aliphatic hydroxyl groups excluding tert-OH is 1. The van der Waals surface area contributed by atoms with Gasteiger partial charge in [0.05, 0.1) is 12.6 Å². The summed E-state index contributed by atoms with van der Waals surface area (Å²) in [5.41, 5.74) is 3.73. The first-order valence-electron chi connectivity index (χ1n) is 8.61. The zero-order chi connectivity index (χ0) is 17.1. The van der Waals surface area contributed by atoms with E-state index in [9.17, 15) is 5.11 Å². The number of aromatic nitrogens is 2. The van der Waals surface area contributed by atoms with Crippen molar-refractivity contribution in [2.45, 2.75) is 39.8 Å². The molecule has 0 saturated heterocycles. The largest absolute Gasteiger partial charge is 0.394 e. The van der Waals surface area contributed by atoms with Gasteiger partial charge in [-0.05, 0) is 30.4 Å². The smallest absolute Gasteiger partial charge is 0.225 e. The molecule has 0 amide bonds. The Kier molecular flexibility index (Phi) is 5.00. The molecule has 2 aromatic rings. The van der Waals surface area contributed by atoms with Crippen LogP contribution in [0.25, 0.3) is 0 Å². The van der Waals surface area contributed by atoms with E-state index in [2.05, 4.69) is 53.3 Å². The van der Waals surface area contributed by atoms with E-state index in [-0.39, 0.29) is 12.6 Å². The number of aryl methyl sites for hydroxylation is 1. The molecule has 5 nitrogen and oxygen atoms in total. The van der Waals surface area contributed by atoms with Gasteiger partial charge in [-0.3, -0.25) is 0 Å². The number of anilines is 2. The summed E-state index contributed by atoms with van der Waals surface area (Å²) in [7, 11) is 0. The Balaban J connectivity index is 1.82. The highest BCUT2D eigenvalue weighted by atomic mass is 16.3. The number of fused-ring (bicyclic) bond motifs is 1. The van der Waals surface area contributed by atoms with Gasteiger partial charge < -0.3 is 15.3 Å². The molecule has 0 spiro atoms. The lowest BCUT2D eigenvalue weighted by atomic mass is 10.00. The fourth-order valence-corrected chi connectivity index (χ4v) is 3.06. The third-order valence-corrected chi connectivity index (χ3v) is 4.61. The SMILES string of the molecule is Cc1cc(N2CCc3ccccc3C2)nc(N[C@H](CO)C(C)C)n1. The number of rotatable bonds is 5. The molecule has 0 saturated carbocycles. The standard InChI is InChI=1S/C19H26N4O/c1-13(2)17(12-24)21-19-20-14(3)10-18(22-19)23-9-8-15-6-4-5-7-16(15)11-23/h4-7,10,13,17,24H,8-9,11-12H2,1-3H3,(H,20,21,22)/t17-/m1/s1. The first-order chi connectivity index (χ1) is 11.6. The minimum atomic E-state index is -0.0401. The Morgan fingerprint density at radius 2 is 1.96 bits per heavy atom. The summed E-state index contributed by atoms with van der Waals surface area (Å²) < 4.78 is 0. The van der Waals surface area contributed by atoms with E-state index < -0.39 is 0 Å². The van der Waals surface area contributed by atoms with Crippen molar-refractivity contribution in [3.63, 3.8) is 0 Å². The Labute approximate surface area is 143 Å². The third-order valence-electron chi connectivity index (χ3n) is 4.61. The Morgan fingerprint density at radius 3 is 2.67 bits per heavy atom. The maximum absolute atomic E-state index is 9.53. The second kappa shape index (κ2) is 7.18. The van der Waals surface area contributed by atoms with Crippen LogP contribution in [0.1, 0.15) is 30.7 Å². The zero-order valence-electron chi connectivity index (χ0n) is 14.7. The second-order valence-corrected chi connectivity index (χ2v) is 6.81. The van der Waals surface area contributed by atoms with E-state index in [1.165, 1.54) is 11.1 Å². The summed E-state index contributed by atoms with van der Waals surface area (Å²) in [5, 5.41) is 12.8. The topological polar surface area (TPSA) is 61.3 Å². The average molecular weight is 326 g/mol. The molecular formula is C19H26N4O. The van der Waals surface area contributed by atoms with Gasteiger partial charge in [-0.1, -0.05) is 38.1 Å². The lowest BCUT2D eigenvalue weighted by Gasteiger charge is -2.30. The van der Waals surface area contributed by atoms with Crippen molar-refractivity contribution >= 4 is 11.8 Å². The molecule has 2 N–H and O–H groups in total. The summed E-state index contributed by atoms with van der Waals surface area (Å²) in [5.74, 6) is 1.85. The van der Waals surface area contributed by atoms with E-state index in [1.807, 2.05) is 13.0 Å². The van der Waals surface area contributed by atoms with Gasteiger partial charge in [0, 0.05) is 24.8 Å². The van der Waals surface area contributed by atoms with E-state index in [4.69, 9.17) is 4.98 Å². The van der Waals surface area contributed by atoms with Gasteiger partial charge in [0.1, 0.15) is 5.82 Å².